The van der Waals surface area contributed by atoms with Crippen LogP contribution < -0.4 is 5.32 Å². The lowest BCUT2D eigenvalue weighted by molar-refractivity contribution is 0.0531. The topological polar surface area (TPSA) is 38.3 Å². The second-order valence-electron chi connectivity index (χ2n) is 6.13. The lowest BCUT2D eigenvalue weighted by Gasteiger charge is -2.21. The highest BCUT2D eigenvalue weighted by Crippen LogP contribution is 2.17. The zero-order valence-corrected chi connectivity index (χ0v) is 13.9. The van der Waals surface area contributed by atoms with Crippen LogP contribution in [-0.4, -0.2) is 18.2 Å². The minimum Gasteiger partial charge on any atom is -0.444 e. The van der Waals surface area contributed by atoms with Crippen LogP contribution in [0.25, 0.3) is 0 Å². The van der Waals surface area contributed by atoms with E-state index in [2.05, 4.69) is 24.4 Å². The Hall–Kier alpha value is -1.48. The Kier molecular flexibility index (Phi) is 6.76. The van der Waals surface area contributed by atoms with Gasteiger partial charge in [0.15, 0.2) is 0 Å². The Morgan fingerprint density at radius 1 is 1.33 bits per heavy atom. The maximum atomic E-state index is 11.7. The summed E-state index contributed by atoms with van der Waals surface area (Å²) in [6.07, 6.45) is 0.459. The lowest BCUT2D eigenvalue weighted by atomic mass is 9.94. The van der Waals surface area contributed by atoms with Crippen LogP contribution in [0.3, 0.4) is 0 Å². The van der Waals surface area contributed by atoms with Gasteiger partial charge in [-0.3, -0.25) is 0 Å². The molecule has 116 valence electrons. The fourth-order valence-corrected chi connectivity index (χ4v) is 2.20. The van der Waals surface area contributed by atoms with E-state index in [1.165, 1.54) is 5.56 Å². The Morgan fingerprint density at radius 2 is 1.95 bits per heavy atom. The van der Waals surface area contributed by atoms with Crippen LogP contribution in [0.1, 0.15) is 33.3 Å². The highest BCUT2D eigenvalue weighted by atomic mass is 35.5. The predicted octanol–water partition coefficient (Wildman–Crippen LogP) is 4.51. The number of alkyl carbamates (subject to hydrolysis) is 1. The third-order valence-corrected chi connectivity index (χ3v) is 3.27. The second-order valence-corrected chi connectivity index (χ2v) is 6.35. The molecule has 0 heterocycles. The quantitative estimate of drug-likeness (QED) is 0.869. The van der Waals surface area contributed by atoms with E-state index in [4.69, 9.17) is 16.3 Å². The van der Waals surface area contributed by atoms with Gasteiger partial charge >= 0.3 is 6.09 Å². The molecule has 3 nitrogen and oxygen atoms in total. The van der Waals surface area contributed by atoms with Crippen molar-refractivity contribution >= 4 is 17.7 Å². The molecule has 0 aliphatic carbocycles. The molecule has 4 heteroatoms. The molecule has 1 N–H and O–H groups in total. The summed E-state index contributed by atoms with van der Waals surface area (Å²) < 4.78 is 5.21. The number of hydrogen-bond donors (Lipinski definition) is 1. The first kappa shape index (κ1) is 17.6. The molecule has 1 atom stereocenters. The molecular formula is C17H24ClNO2. The molecule has 0 radical (unpaired) electrons. The van der Waals surface area contributed by atoms with Crippen molar-refractivity contribution in [3.05, 3.63) is 47.0 Å². The third kappa shape index (κ3) is 7.19. The second kappa shape index (κ2) is 8.08. The van der Waals surface area contributed by atoms with E-state index in [9.17, 15) is 4.79 Å². The van der Waals surface area contributed by atoms with Crippen LogP contribution in [-0.2, 0) is 11.2 Å². The van der Waals surface area contributed by atoms with Gasteiger partial charge in [0.25, 0.3) is 0 Å². The van der Waals surface area contributed by atoms with E-state index in [1.807, 2.05) is 39.0 Å². The van der Waals surface area contributed by atoms with Crippen molar-refractivity contribution in [1.29, 1.82) is 0 Å². The monoisotopic (exact) mass is 309 g/mol. The van der Waals surface area contributed by atoms with Gasteiger partial charge in [0.1, 0.15) is 5.60 Å². The Labute approximate surface area is 132 Å². The minimum absolute atomic E-state index is 0.250. The minimum atomic E-state index is -0.495. The largest absolute Gasteiger partial charge is 0.444 e. The van der Waals surface area contributed by atoms with Crippen molar-refractivity contribution in [3.63, 3.8) is 0 Å². The van der Waals surface area contributed by atoms with E-state index in [1.54, 1.807) is 5.54 Å². The van der Waals surface area contributed by atoms with Gasteiger partial charge in [-0.2, -0.15) is 0 Å². The number of amides is 1. The summed E-state index contributed by atoms with van der Waals surface area (Å²) in [5, 5.41) is 2.74. The molecule has 1 aromatic carbocycles. The molecular weight excluding hydrogens is 286 g/mol. The van der Waals surface area contributed by atoms with E-state index in [-0.39, 0.29) is 5.92 Å². The van der Waals surface area contributed by atoms with E-state index < -0.39 is 11.7 Å². The Bertz CT molecular complexity index is 477. The Balaban J connectivity index is 2.50. The first-order chi connectivity index (χ1) is 9.81. The average molecular weight is 310 g/mol. The van der Waals surface area contributed by atoms with Crippen molar-refractivity contribution in [2.45, 2.75) is 39.7 Å². The molecule has 1 aromatic rings. The predicted molar refractivity (Wildman–Crippen MR) is 87.5 cm³/mol. The van der Waals surface area contributed by atoms with Crippen LogP contribution in [0.15, 0.2) is 41.4 Å². The van der Waals surface area contributed by atoms with Gasteiger partial charge in [0.05, 0.1) is 0 Å². The third-order valence-electron chi connectivity index (χ3n) is 2.99. The zero-order chi connectivity index (χ0) is 15.9. The van der Waals surface area contributed by atoms with Gasteiger partial charge < -0.3 is 10.1 Å². The van der Waals surface area contributed by atoms with Gasteiger partial charge in [0, 0.05) is 12.1 Å². The molecule has 0 aliphatic rings. The number of ether oxygens (including phenoxy) is 1. The maximum absolute atomic E-state index is 11.7. The molecule has 0 spiro atoms. The first-order valence-electron chi connectivity index (χ1n) is 7.11. The summed E-state index contributed by atoms with van der Waals surface area (Å²) in [4.78, 5) is 11.7. The van der Waals surface area contributed by atoms with Crippen molar-refractivity contribution in [2.75, 3.05) is 6.54 Å². The van der Waals surface area contributed by atoms with Crippen molar-refractivity contribution in [3.8, 4) is 0 Å². The van der Waals surface area contributed by atoms with Gasteiger partial charge in [-0.05, 0) is 44.2 Å². The van der Waals surface area contributed by atoms with Crippen LogP contribution in [0, 0.1) is 5.92 Å². The molecule has 21 heavy (non-hydrogen) atoms. The molecule has 0 fully saturated rings. The lowest BCUT2D eigenvalue weighted by Crippen LogP contribution is -2.34. The van der Waals surface area contributed by atoms with Crippen LogP contribution >= 0.6 is 11.6 Å². The number of hydrogen-bond acceptors (Lipinski definition) is 2. The van der Waals surface area contributed by atoms with Crippen molar-refractivity contribution < 1.29 is 9.53 Å². The molecule has 0 aromatic heterocycles. The summed E-state index contributed by atoms with van der Waals surface area (Å²) in [7, 11) is 0. The number of carbonyl (C=O) groups excluding carboxylic acids is 1. The molecule has 0 aliphatic heterocycles. The SMILES string of the molecule is CC(Cc1ccccc1)C(=CCl)CNC(=O)OC(C)(C)C. The number of nitrogens with one attached hydrogen (secondary N) is 1. The summed E-state index contributed by atoms with van der Waals surface area (Å²) >= 11 is 5.89. The fraction of sp³-hybridized carbons (Fsp3) is 0.471. The number of halogens is 1. The maximum Gasteiger partial charge on any atom is 0.407 e. The van der Waals surface area contributed by atoms with Crippen LogP contribution in [0.4, 0.5) is 4.79 Å². The van der Waals surface area contributed by atoms with Crippen LogP contribution in [0.2, 0.25) is 0 Å². The van der Waals surface area contributed by atoms with E-state index in [0.717, 1.165) is 12.0 Å². The molecule has 0 saturated heterocycles. The van der Waals surface area contributed by atoms with Crippen molar-refractivity contribution in [1.82, 2.24) is 5.32 Å². The van der Waals surface area contributed by atoms with Crippen LogP contribution in [0.5, 0.6) is 0 Å². The van der Waals surface area contributed by atoms with Gasteiger partial charge in [-0.15, -0.1) is 0 Å². The summed E-state index contributed by atoms with van der Waals surface area (Å²) in [5.74, 6) is 0.250. The van der Waals surface area contributed by atoms with Crippen molar-refractivity contribution in [2.24, 2.45) is 5.92 Å². The summed E-state index contributed by atoms with van der Waals surface area (Å²) in [6, 6.07) is 10.2. The molecule has 1 amide bonds. The molecule has 0 saturated carbocycles. The smallest absolute Gasteiger partial charge is 0.407 e. The number of benzene rings is 1. The summed E-state index contributed by atoms with van der Waals surface area (Å²) in [5.41, 5.74) is 3.28. The molecule has 1 rings (SSSR count). The fourth-order valence-electron chi connectivity index (χ4n) is 1.91. The number of rotatable bonds is 5. The zero-order valence-electron chi connectivity index (χ0n) is 13.2. The van der Waals surface area contributed by atoms with E-state index >= 15 is 0 Å². The normalized spacial score (nSPS) is 13.7. The molecule has 1 unspecified atom stereocenters. The van der Waals surface area contributed by atoms with Gasteiger partial charge in [-0.1, -0.05) is 48.9 Å². The van der Waals surface area contributed by atoms with Gasteiger partial charge in [-0.25, -0.2) is 4.79 Å². The number of carbonyl (C=O) groups is 1. The average Bonchev–Trinajstić information content (AvgIpc) is 2.38. The van der Waals surface area contributed by atoms with Gasteiger partial charge in [0.2, 0.25) is 0 Å². The standard InChI is InChI=1S/C17H24ClNO2/c1-13(10-14-8-6-5-7-9-14)15(11-18)12-19-16(20)21-17(2,3)4/h5-9,11,13H,10,12H2,1-4H3,(H,19,20). The molecule has 0 bridgehead atoms. The highest BCUT2D eigenvalue weighted by Gasteiger charge is 2.17. The summed E-state index contributed by atoms with van der Waals surface area (Å²) in [6.45, 7) is 8.00. The highest BCUT2D eigenvalue weighted by molar-refractivity contribution is 6.25. The first-order valence-corrected chi connectivity index (χ1v) is 7.55. The van der Waals surface area contributed by atoms with E-state index in [0.29, 0.717) is 6.54 Å². The Morgan fingerprint density at radius 3 is 2.48 bits per heavy atom.